The maximum Gasteiger partial charge on any atom is 0.337 e. The van der Waals surface area contributed by atoms with E-state index in [-0.39, 0.29) is 35.6 Å². The van der Waals surface area contributed by atoms with Gasteiger partial charge in [0.15, 0.2) is 11.6 Å². The fourth-order valence-corrected chi connectivity index (χ4v) is 9.67. The van der Waals surface area contributed by atoms with Crippen LogP contribution in [-0.4, -0.2) is 36.7 Å². The molecule has 2 unspecified atom stereocenters. The summed E-state index contributed by atoms with van der Waals surface area (Å²) >= 11 is 12.6. The van der Waals surface area contributed by atoms with E-state index in [0.29, 0.717) is 69.4 Å². The number of Topliss-reactive ketones (excluding diaryl/α,β-unsaturated/α-hetero) is 2. The first-order valence-electron chi connectivity index (χ1n) is 18.3. The SMILES string of the molecule is CC1(C)CC(=O)C2=C(C1)N(c1ccc(Cl)cc1)C1=C(C(=O)OC1)C2c1cccc(C2C3=C(CC(C)(C)CC3=O)N(c3ccc(Cl)cc3)C3=C2C(=O)OC3)c1. The summed E-state index contributed by atoms with van der Waals surface area (Å²) in [4.78, 5) is 60.4. The second-order valence-electron chi connectivity index (χ2n) is 16.6. The Bertz CT molecular complexity index is 2190. The zero-order valence-electron chi connectivity index (χ0n) is 30.4. The first kappa shape index (κ1) is 34.8. The second-order valence-corrected chi connectivity index (χ2v) is 17.5. The Balaban J connectivity index is 1.24. The number of carbonyl (C=O) groups excluding carboxylic acids is 4. The van der Waals surface area contributed by atoms with E-state index >= 15 is 0 Å². The number of benzene rings is 3. The van der Waals surface area contributed by atoms with Gasteiger partial charge in [-0.25, -0.2) is 9.59 Å². The highest BCUT2D eigenvalue weighted by Crippen LogP contribution is 2.55. The van der Waals surface area contributed by atoms with Crippen LogP contribution in [0.1, 0.15) is 76.3 Å². The highest BCUT2D eigenvalue weighted by Gasteiger charge is 2.51. The molecule has 0 spiro atoms. The number of rotatable bonds is 4. The molecule has 2 atom stereocenters. The average molecular weight is 762 g/mol. The third kappa shape index (κ3) is 5.48. The molecule has 0 fully saturated rings. The van der Waals surface area contributed by atoms with Gasteiger partial charge in [0.25, 0.3) is 0 Å². The number of esters is 2. The fourth-order valence-electron chi connectivity index (χ4n) is 9.41. The number of anilines is 2. The Hall–Kier alpha value is -4.92. The van der Waals surface area contributed by atoms with Gasteiger partial charge in [-0.2, -0.15) is 0 Å². The predicted octanol–water partition coefficient (Wildman–Crippen LogP) is 9.11. The zero-order chi connectivity index (χ0) is 37.8. The van der Waals surface area contributed by atoms with Crippen molar-refractivity contribution in [1.29, 1.82) is 0 Å². The number of allylic oxidation sites excluding steroid dienone is 4. The molecule has 9 rings (SSSR count). The smallest absolute Gasteiger partial charge is 0.337 e. The third-order valence-corrected chi connectivity index (χ3v) is 12.0. The van der Waals surface area contributed by atoms with Crippen LogP contribution in [0.15, 0.2) is 118 Å². The van der Waals surface area contributed by atoms with Gasteiger partial charge in [-0.3, -0.25) is 9.59 Å². The van der Waals surface area contributed by atoms with Gasteiger partial charge < -0.3 is 19.3 Å². The molecule has 0 bridgehead atoms. The van der Waals surface area contributed by atoms with E-state index in [0.717, 1.165) is 33.9 Å². The minimum Gasteiger partial charge on any atom is -0.456 e. The van der Waals surface area contributed by atoms with Crippen LogP contribution in [0.3, 0.4) is 0 Å². The van der Waals surface area contributed by atoms with E-state index in [4.69, 9.17) is 32.7 Å². The first-order valence-corrected chi connectivity index (χ1v) is 19.0. The highest BCUT2D eigenvalue weighted by atomic mass is 35.5. The molecule has 3 aromatic carbocycles. The second kappa shape index (κ2) is 12.3. The summed E-state index contributed by atoms with van der Waals surface area (Å²) in [5.41, 5.74) is 7.39. The molecule has 2 aliphatic carbocycles. The minimum atomic E-state index is -0.704. The number of hydrogen-bond donors (Lipinski definition) is 0. The van der Waals surface area contributed by atoms with Crippen LogP contribution < -0.4 is 9.80 Å². The molecule has 0 aromatic heterocycles. The van der Waals surface area contributed by atoms with Gasteiger partial charge in [0.2, 0.25) is 0 Å². The number of hydrogen-bond acceptors (Lipinski definition) is 8. The number of halogens is 2. The number of ether oxygens (including phenoxy) is 2. The van der Waals surface area contributed by atoms with Crippen molar-refractivity contribution >= 4 is 58.1 Å². The fraction of sp³-hybridized carbons (Fsp3) is 0.318. The highest BCUT2D eigenvalue weighted by molar-refractivity contribution is 6.31. The van der Waals surface area contributed by atoms with Crippen LogP contribution in [0.2, 0.25) is 10.0 Å². The summed E-state index contributed by atoms with van der Waals surface area (Å²) in [6, 6.07) is 22.5. The normalized spacial score (nSPS) is 24.4. The monoisotopic (exact) mass is 760 g/mol. The Morgan fingerprint density at radius 2 is 0.926 bits per heavy atom. The van der Waals surface area contributed by atoms with Gasteiger partial charge >= 0.3 is 11.9 Å². The van der Waals surface area contributed by atoms with Crippen molar-refractivity contribution in [2.24, 2.45) is 10.8 Å². The summed E-state index contributed by atoms with van der Waals surface area (Å²) in [6.45, 7) is 8.46. The zero-order valence-corrected chi connectivity index (χ0v) is 31.9. The van der Waals surface area contributed by atoms with Crippen molar-refractivity contribution in [3.8, 4) is 0 Å². The first-order chi connectivity index (χ1) is 25.7. The topological polar surface area (TPSA) is 93.2 Å². The molecule has 4 aliphatic heterocycles. The third-order valence-electron chi connectivity index (χ3n) is 11.5. The van der Waals surface area contributed by atoms with Crippen molar-refractivity contribution in [3.63, 3.8) is 0 Å². The molecule has 6 aliphatic rings. The van der Waals surface area contributed by atoms with Gasteiger partial charge in [0.05, 0.1) is 22.5 Å². The van der Waals surface area contributed by atoms with Gasteiger partial charge in [-0.1, -0.05) is 75.2 Å². The largest absolute Gasteiger partial charge is 0.456 e. The van der Waals surface area contributed by atoms with Gasteiger partial charge in [0.1, 0.15) is 13.2 Å². The summed E-state index contributed by atoms with van der Waals surface area (Å²) in [5.74, 6) is -2.42. The maximum atomic E-state index is 14.4. The Morgan fingerprint density at radius 1 is 0.537 bits per heavy atom. The molecule has 4 heterocycles. The minimum absolute atomic E-state index is 0.0304. The molecule has 0 amide bonds. The molecule has 10 heteroatoms. The number of carbonyl (C=O) groups is 4. The lowest BCUT2D eigenvalue weighted by Gasteiger charge is -2.44. The summed E-state index contributed by atoms with van der Waals surface area (Å²) in [6.07, 6.45) is 1.84. The van der Waals surface area contributed by atoms with Crippen LogP contribution in [0.5, 0.6) is 0 Å². The molecule has 0 saturated heterocycles. The molecular weight excluding hydrogens is 723 g/mol. The average Bonchev–Trinajstić information content (AvgIpc) is 3.68. The quantitative estimate of drug-likeness (QED) is 0.243. The van der Waals surface area contributed by atoms with E-state index in [9.17, 15) is 19.2 Å². The molecule has 0 N–H and O–H groups in total. The Morgan fingerprint density at radius 3 is 1.31 bits per heavy atom. The van der Waals surface area contributed by atoms with Crippen LogP contribution in [0, 0.1) is 10.8 Å². The maximum absolute atomic E-state index is 14.4. The van der Waals surface area contributed by atoms with E-state index < -0.39 is 23.8 Å². The standard InChI is InChI=1S/C44H38Cl2N2O6/c1-43(2)17-29-37(33(49)19-43)35(39-31(21-53-41(39)51)47(29)27-12-8-25(45)9-13-27)23-6-5-7-24(16-23)36-38-30(18-44(3,4)20-34(38)50)48(28-14-10-26(46)11-15-28)32-22-54-42(52)40(32)36/h5-16,35-36H,17-22H2,1-4H3. The van der Waals surface area contributed by atoms with E-state index in [1.165, 1.54) is 0 Å². The lowest BCUT2D eigenvalue weighted by Crippen LogP contribution is -2.40. The molecule has 54 heavy (non-hydrogen) atoms. The molecule has 3 aromatic rings. The van der Waals surface area contributed by atoms with Gasteiger partial charge in [-0.15, -0.1) is 0 Å². The lowest BCUT2D eigenvalue weighted by molar-refractivity contribution is -0.137. The molecule has 8 nitrogen and oxygen atoms in total. The van der Waals surface area contributed by atoms with Crippen molar-refractivity contribution < 1.29 is 28.7 Å². The molecule has 0 radical (unpaired) electrons. The van der Waals surface area contributed by atoms with Gasteiger partial charge in [-0.05, 0) is 83.3 Å². The lowest BCUT2D eigenvalue weighted by atomic mass is 9.66. The predicted molar refractivity (Wildman–Crippen MR) is 206 cm³/mol. The van der Waals surface area contributed by atoms with E-state index in [2.05, 4.69) is 27.7 Å². The summed E-state index contributed by atoms with van der Waals surface area (Å²) in [5, 5.41) is 1.16. The summed E-state index contributed by atoms with van der Waals surface area (Å²) in [7, 11) is 0. The van der Waals surface area contributed by atoms with Crippen LogP contribution in [0.25, 0.3) is 0 Å². The van der Waals surface area contributed by atoms with Crippen molar-refractivity contribution in [3.05, 3.63) is 139 Å². The van der Waals surface area contributed by atoms with Crippen LogP contribution in [-0.2, 0) is 28.7 Å². The van der Waals surface area contributed by atoms with Crippen molar-refractivity contribution in [2.75, 3.05) is 23.0 Å². The van der Waals surface area contributed by atoms with Crippen molar-refractivity contribution in [1.82, 2.24) is 0 Å². The van der Waals surface area contributed by atoms with E-state index in [1.807, 2.05) is 58.3 Å². The van der Waals surface area contributed by atoms with Crippen LogP contribution >= 0.6 is 23.2 Å². The van der Waals surface area contributed by atoms with Crippen LogP contribution in [0.4, 0.5) is 11.4 Å². The molecule has 274 valence electrons. The Kier molecular flexibility index (Phi) is 7.93. The Labute approximate surface area is 323 Å². The molecule has 0 saturated carbocycles. The van der Waals surface area contributed by atoms with E-state index in [1.54, 1.807) is 24.3 Å². The number of ketones is 2. The summed E-state index contributed by atoms with van der Waals surface area (Å²) < 4.78 is 11.5. The molecular formula is C44H38Cl2N2O6. The van der Waals surface area contributed by atoms with Crippen molar-refractivity contribution in [2.45, 2.75) is 65.2 Å². The van der Waals surface area contributed by atoms with Gasteiger partial charge in [0, 0.05) is 68.6 Å². The number of nitrogens with zero attached hydrogens (tertiary/aromatic N) is 2. The number of cyclic esters (lactones) is 2.